The molecule has 6 heteroatoms. The number of fused-ring (bicyclic) bond motifs is 1. The first-order valence-corrected chi connectivity index (χ1v) is 5.72. The van der Waals surface area contributed by atoms with E-state index in [2.05, 4.69) is 10.1 Å². The van der Waals surface area contributed by atoms with Crippen LogP contribution in [0.5, 0.6) is 0 Å². The first-order chi connectivity index (χ1) is 7.65. The van der Waals surface area contributed by atoms with Gasteiger partial charge in [0.05, 0.1) is 12.6 Å². The zero-order chi connectivity index (χ0) is 11.5. The molecule has 2 heterocycles. The molecule has 84 valence electrons. The molecular formula is C10H11N3O2S. The fourth-order valence-corrected chi connectivity index (χ4v) is 2.28. The second-order valence-electron chi connectivity index (χ2n) is 3.43. The van der Waals surface area contributed by atoms with Crippen LogP contribution in [-0.2, 0) is 4.79 Å². The van der Waals surface area contributed by atoms with Crippen LogP contribution in [0, 0.1) is 0 Å². The fourth-order valence-electron chi connectivity index (χ4n) is 1.35. The number of rotatable bonds is 4. The monoisotopic (exact) mass is 237 g/mol. The average Bonchev–Trinajstić information content (AvgIpc) is 2.63. The fraction of sp³-hybridized carbons (Fsp3) is 0.300. The van der Waals surface area contributed by atoms with Crippen LogP contribution in [0.2, 0.25) is 0 Å². The number of aromatic nitrogens is 3. The van der Waals surface area contributed by atoms with Gasteiger partial charge >= 0.3 is 5.97 Å². The molecule has 0 aliphatic rings. The summed E-state index contributed by atoms with van der Waals surface area (Å²) in [5.41, 5.74) is 0.771. The van der Waals surface area contributed by atoms with E-state index in [1.165, 1.54) is 11.8 Å². The van der Waals surface area contributed by atoms with E-state index < -0.39 is 5.97 Å². The molecule has 2 aromatic rings. The van der Waals surface area contributed by atoms with Crippen molar-refractivity contribution in [1.29, 1.82) is 0 Å². The van der Waals surface area contributed by atoms with Gasteiger partial charge in [0.15, 0.2) is 5.65 Å². The lowest BCUT2D eigenvalue weighted by Crippen LogP contribution is -2.05. The maximum Gasteiger partial charge on any atom is 0.304 e. The van der Waals surface area contributed by atoms with Crippen molar-refractivity contribution in [2.75, 3.05) is 0 Å². The Morgan fingerprint density at radius 3 is 3.19 bits per heavy atom. The highest BCUT2D eigenvalue weighted by Gasteiger charge is 2.10. The van der Waals surface area contributed by atoms with Gasteiger partial charge in [0.1, 0.15) is 5.03 Å². The quantitative estimate of drug-likeness (QED) is 0.647. The van der Waals surface area contributed by atoms with E-state index in [9.17, 15) is 4.79 Å². The van der Waals surface area contributed by atoms with Crippen LogP contribution >= 0.6 is 11.8 Å². The summed E-state index contributed by atoms with van der Waals surface area (Å²) in [6, 6.07) is 3.65. The molecule has 0 spiro atoms. The lowest BCUT2D eigenvalue weighted by molar-refractivity contribution is -0.136. The van der Waals surface area contributed by atoms with Crippen LogP contribution in [0.25, 0.3) is 5.65 Å². The van der Waals surface area contributed by atoms with E-state index >= 15 is 0 Å². The molecule has 0 saturated heterocycles. The van der Waals surface area contributed by atoms with Crippen molar-refractivity contribution in [3.05, 3.63) is 24.5 Å². The molecule has 0 aliphatic heterocycles. The average molecular weight is 237 g/mol. The Morgan fingerprint density at radius 2 is 2.44 bits per heavy atom. The topological polar surface area (TPSA) is 67.5 Å². The summed E-state index contributed by atoms with van der Waals surface area (Å²) in [4.78, 5) is 14.9. The first kappa shape index (κ1) is 10.9. The molecule has 0 aliphatic carbocycles. The minimum absolute atomic E-state index is 0.00960. The Balaban J connectivity index is 2.11. The number of carboxylic acid groups (broad SMARTS) is 1. The van der Waals surface area contributed by atoms with Crippen LogP contribution in [0.15, 0.2) is 29.6 Å². The second kappa shape index (κ2) is 4.52. The molecule has 2 rings (SSSR count). The van der Waals surface area contributed by atoms with Gasteiger partial charge in [0.2, 0.25) is 0 Å². The number of carboxylic acids is 1. The third kappa shape index (κ3) is 2.52. The van der Waals surface area contributed by atoms with Gasteiger partial charge in [0.25, 0.3) is 0 Å². The zero-order valence-corrected chi connectivity index (χ0v) is 9.52. The van der Waals surface area contributed by atoms with Gasteiger partial charge in [-0.2, -0.15) is 5.10 Å². The van der Waals surface area contributed by atoms with Crippen LogP contribution in [0.4, 0.5) is 0 Å². The number of nitrogens with zero attached hydrogens (tertiary/aromatic N) is 3. The molecule has 1 atom stereocenters. The maximum absolute atomic E-state index is 10.5. The van der Waals surface area contributed by atoms with Crippen molar-refractivity contribution in [3.8, 4) is 0 Å². The van der Waals surface area contributed by atoms with E-state index in [0.29, 0.717) is 0 Å². The van der Waals surface area contributed by atoms with Crippen LogP contribution < -0.4 is 0 Å². The Labute approximate surface area is 96.5 Å². The highest BCUT2D eigenvalue weighted by molar-refractivity contribution is 7.99. The highest BCUT2D eigenvalue weighted by atomic mass is 32.2. The predicted octanol–water partition coefficient (Wildman–Crippen LogP) is 1.68. The molecule has 0 bridgehead atoms. The Kier molecular flexibility index (Phi) is 3.09. The summed E-state index contributed by atoms with van der Waals surface area (Å²) < 4.78 is 1.67. The minimum atomic E-state index is -0.787. The van der Waals surface area contributed by atoms with Gasteiger partial charge in [-0.05, 0) is 6.07 Å². The second-order valence-corrected chi connectivity index (χ2v) is 4.88. The molecule has 0 saturated carbocycles. The normalized spacial score (nSPS) is 12.8. The van der Waals surface area contributed by atoms with Crippen molar-refractivity contribution in [2.24, 2.45) is 0 Å². The Bertz CT molecular complexity index is 511. The van der Waals surface area contributed by atoms with E-state index in [4.69, 9.17) is 5.11 Å². The first-order valence-electron chi connectivity index (χ1n) is 4.84. The predicted molar refractivity (Wildman–Crippen MR) is 60.6 cm³/mol. The summed E-state index contributed by atoms with van der Waals surface area (Å²) in [6.07, 6.45) is 3.63. The molecule has 1 N–H and O–H groups in total. The zero-order valence-electron chi connectivity index (χ0n) is 8.70. The summed E-state index contributed by atoms with van der Waals surface area (Å²) in [7, 11) is 0. The number of thioether (sulfide) groups is 1. The van der Waals surface area contributed by atoms with Crippen LogP contribution in [-0.4, -0.2) is 30.9 Å². The summed E-state index contributed by atoms with van der Waals surface area (Å²) >= 11 is 1.46. The molecule has 1 unspecified atom stereocenters. The van der Waals surface area contributed by atoms with Crippen molar-refractivity contribution in [3.63, 3.8) is 0 Å². The van der Waals surface area contributed by atoms with Gasteiger partial charge in [0, 0.05) is 17.5 Å². The van der Waals surface area contributed by atoms with Crippen molar-refractivity contribution >= 4 is 23.4 Å². The van der Waals surface area contributed by atoms with Crippen LogP contribution in [0.3, 0.4) is 0 Å². The van der Waals surface area contributed by atoms with Gasteiger partial charge in [-0.15, -0.1) is 11.8 Å². The van der Waals surface area contributed by atoms with Crippen molar-refractivity contribution in [1.82, 2.24) is 14.6 Å². The lowest BCUT2D eigenvalue weighted by Gasteiger charge is -2.07. The summed E-state index contributed by atoms with van der Waals surface area (Å²) in [5, 5.41) is 13.5. The molecule has 2 aromatic heterocycles. The number of carbonyl (C=O) groups is 1. The standard InChI is InChI=1S/C10H11N3O2S/c1-7(6-10(14)15)16-9-3-5-13-8(12-9)2-4-11-13/h2-5,7H,6H2,1H3,(H,14,15). The van der Waals surface area contributed by atoms with Gasteiger partial charge in [-0.3, -0.25) is 4.79 Å². The third-order valence-electron chi connectivity index (χ3n) is 2.02. The number of hydrogen-bond acceptors (Lipinski definition) is 4. The molecule has 0 radical (unpaired) electrons. The molecule has 0 amide bonds. The molecule has 5 nitrogen and oxygen atoms in total. The maximum atomic E-state index is 10.5. The minimum Gasteiger partial charge on any atom is -0.481 e. The molecule has 0 fully saturated rings. The van der Waals surface area contributed by atoms with Crippen molar-refractivity contribution in [2.45, 2.75) is 23.6 Å². The Morgan fingerprint density at radius 1 is 1.62 bits per heavy atom. The SMILES string of the molecule is CC(CC(=O)O)Sc1ccn2nccc2n1. The number of aliphatic carboxylic acids is 1. The van der Waals surface area contributed by atoms with Crippen molar-refractivity contribution < 1.29 is 9.90 Å². The molecule has 16 heavy (non-hydrogen) atoms. The van der Waals surface area contributed by atoms with Crippen LogP contribution in [0.1, 0.15) is 13.3 Å². The van der Waals surface area contributed by atoms with E-state index in [1.807, 2.05) is 25.3 Å². The highest BCUT2D eigenvalue weighted by Crippen LogP contribution is 2.23. The van der Waals surface area contributed by atoms with E-state index in [-0.39, 0.29) is 11.7 Å². The molecular weight excluding hydrogens is 226 g/mol. The Hall–Kier alpha value is -1.56. The lowest BCUT2D eigenvalue weighted by atomic mass is 10.3. The summed E-state index contributed by atoms with van der Waals surface area (Å²) in [5.74, 6) is -0.787. The van der Waals surface area contributed by atoms with Gasteiger partial charge < -0.3 is 5.11 Å². The third-order valence-corrected chi connectivity index (χ3v) is 3.05. The van der Waals surface area contributed by atoms with Gasteiger partial charge in [-0.1, -0.05) is 6.92 Å². The van der Waals surface area contributed by atoms with Gasteiger partial charge in [-0.25, -0.2) is 9.50 Å². The largest absolute Gasteiger partial charge is 0.481 e. The number of hydrogen-bond donors (Lipinski definition) is 1. The molecule has 0 aromatic carbocycles. The summed E-state index contributed by atoms with van der Waals surface area (Å²) in [6.45, 7) is 1.88. The van der Waals surface area contributed by atoms with E-state index in [0.717, 1.165) is 10.7 Å². The van der Waals surface area contributed by atoms with E-state index in [1.54, 1.807) is 10.7 Å². The smallest absolute Gasteiger partial charge is 0.304 e.